The number of anilines is 3. The van der Waals surface area contributed by atoms with Crippen molar-refractivity contribution in [2.45, 2.75) is 6.54 Å². The Labute approximate surface area is 139 Å². The van der Waals surface area contributed by atoms with Crippen LogP contribution in [0.25, 0.3) is 0 Å². The Kier molecular flexibility index (Phi) is 4.73. The number of halogens is 4. The molecule has 0 radical (unpaired) electrons. The maximum atomic E-state index is 13.7. The van der Waals surface area contributed by atoms with Crippen molar-refractivity contribution < 1.29 is 17.6 Å². The Morgan fingerprint density at radius 2 is 1.64 bits per heavy atom. The van der Waals surface area contributed by atoms with Gasteiger partial charge in [0, 0.05) is 6.54 Å². The minimum Gasteiger partial charge on any atom is -0.349 e. The molecule has 0 unspecified atom stereocenters. The van der Waals surface area contributed by atoms with Crippen molar-refractivity contribution in [2.24, 2.45) is 0 Å². The van der Waals surface area contributed by atoms with Gasteiger partial charge < -0.3 is 10.6 Å². The molecule has 2 aromatic carbocycles. The van der Waals surface area contributed by atoms with E-state index in [-0.39, 0.29) is 23.3 Å². The number of hydrogen-bond donors (Lipinski definition) is 2. The van der Waals surface area contributed by atoms with Gasteiger partial charge >= 0.3 is 0 Å². The van der Waals surface area contributed by atoms with Gasteiger partial charge in [0.05, 0.1) is 11.9 Å². The van der Waals surface area contributed by atoms with Crippen molar-refractivity contribution in [3.8, 4) is 0 Å². The molecule has 1 heterocycles. The van der Waals surface area contributed by atoms with Crippen LogP contribution in [0, 0.1) is 23.3 Å². The van der Waals surface area contributed by atoms with Crippen LogP contribution in [0.3, 0.4) is 0 Å². The van der Waals surface area contributed by atoms with E-state index in [1.165, 1.54) is 18.3 Å². The van der Waals surface area contributed by atoms with Crippen LogP contribution in [0.4, 0.5) is 35.0 Å². The molecule has 0 aliphatic rings. The lowest BCUT2D eigenvalue weighted by Crippen LogP contribution is -2.07. The highest BCUT2D eigenvalue weighted by Gasteiger charge is 2.14. The largest absolute Gasteiger partial charge is 0.349 e. The normalized spacial score (nSPS) is 10.6. The third kappa shape index (κ3) is 4.00. The topological polar surface area (TPSA) is 62.7 Å². The van der Waals surface area contributed by atoms with Gasteiger partial charge in [-0.1, -0.05) is 12.1 Å². The number of nitrogens with one attached hydrogen (secondary N) is 2. The van der Waals surface area contributed by atoms with E-state index in [1.54, 1.807) is 12.1 Å². The van der Waals surface area contributed by atoms with E-state index in [0.717, 1.165) is 17.7 Å². The first-order valence-corrected chi connectivity index (χ1v) is 7.11. The van der Waals surface area contributed by atoms with E-state index in [2.05, 4.69) is 25.8 Å². The second-order valence-electron chi connectivity index (χ2n) is 4.99. The van der Waals surface area contributed by atoms with Crippen molar-refractivity contribution in [2.75, 3.05) is 10.6 Å². The molecule has 0 atom stereocenters. The number of nitrogens with zero attached hydrogens (tertiary/aromatic N) is 3. The Hall–Kier alpha value is -3.23. The molecule has 2 N–H and O–H groups in total. The summed E-state index contributed by atoms with van der Waals surface area (Å²) in [5, 5.41) is 12.8. The first kappa shape index (κ1) is 16.6. The molecule has 0 saturated carbocycles. The summed E-state index contributed by atoms with van der Waals surface area (Å²) < 4.78 is 52.7. The Morgan fingerprint density at radius 1 is 0.880 bits per heavy atom. The molecule has 0 aliphatic heterocycles. The summed E-state index contributed by atoms with van der Waals surface area (Å²) in [5.74, 6) is -4.37. The van der Waals surface area contributed by atoms with Gasteiger partial charge in [0.15, 0.2) is 23.3 Å². The lowest BCUT2D eigenvalue weighted by atomic mass is 10.2. The number of benzene rings is 2. The van der Waals surface area contributed by atoms with Crippen LogP contribution in [0.1, 0.15) is 5.56 Å². The van der Waals surface area contributed by atoms with Crippen LogP contribution >= 0.6 is 0 Å². The predicted molar refractivity (Wildman–Crippen MR) is 83.2 cm³/mol. The first-order valence-electron chi connectivity index (χ1n) is 7.11. The third-order valence-electron chi connectivity index (χ3n) is 3.22. The molecule has 3 aromatic rings. The molecule has 3 rings (SSSR count). The molecule has 0 fully saturated rings. The van der Waals surface area contributed by atoms with E-state index >= 15 is 0 Å². The minimum absolute atomic E-state index is 0.0847. The minimum atomic E-state index is -1.58. The molecule has 0 aliphatic carbocycles. The second kappa shape index (κ2) is 7.12. The van der Waals surface area contributed by atoms with E-state index in [0.29, 0.717) is 6.54 Å². The molecule has 9 heteroatoms. The molecule has 128 valence electrons. The molecule has 1 aromatic heterocycles. The number of hydrogen-bond acceptors (Lipinski definition) is 5. The molecule has 0 bridgehead atoms. The maximum Gasteiger partial charge on any atom is 0.244 e. The average Bonchev–Trinajstić information content (AvgIpc) is 2.62. The number of aromatic nitrogens is 3. The fraction of sp³-hybridized carbons (Fsp3) is 0.0625. The molecule has 0 amide bonds. The zero-order valence-corrected chi connectivity index (χ0v) is 12.6. The standard InChI is InChI=1S/C16H11F4N5/c17-10-3-1-9(2-4-10)7-21-16-24-13(8-22-25-16)23-12-6-5-11(18)14(19)15(12)20/h1-6,8H,7H2,(H2,21,23,24,25). The second-order valence-corrected chi connectivity index (χ2v) is 4.99. The van der Waals surface area contributed by atoms with Gasteiger partial charge in [-0.15, -0.1) is 5.10 Å². The van der Waals surface area contributed by atoms with Crippen molar-refractivity contribution in [1.82, 2.24) is 15.2 Å². The van der Waals surface area contributed by atoms with Crippen molar-refractivity contribution in [3.05, 3.63) is 71.4 Å². The fourth-order valence-corrected chi connectivity index (χ4v) is 1.98. The molecular weight excluding hydrogens is 338 g/mol. The first-order chi connectivity index (χ1) is 12.0. The van der Waals surface area contributed by atoms with Crippen molar-refractivity contribution in [3.63, 3.8) is 0 Å². The molecule has 25 heavy (non-hydrogen) atoms. The van der Waals surface area contributed by atoms with Crippen LogP contribution in [-0.4, -0.2) is 15.2 Å². The molecule has 0 saturated heterocycles. The smallest absolute Gasteiger partial charge is 0.244 e. The summed E-state index contributed by atoms with van der Waals surface area (Å²) in [6.07, 6.45) is 1.20. The summed E-state index contributed by atoms with van der Waals surface area (Å²) in [6, 6.07) is 7.66. The van der Waals surface area contributed by atoms with Gasteiger partial charge in [0.25, 0.3) is 0 Å². The summed E-state index contributed by atoms with van der Waals surface area (Å²) in [7, 11) is 0. The van der Waals surface area contributed by atoms with E-state index in [1.807, 2.05) is 0 Å². The quantitative estimate of drug-likeness (QED) is 0.542. The van der Waals surface area contributed by atoms with Crippen LogP contribution in [-0.2, 0) is 6.54 Å². The zero-order valence-electron chi connectivity index (χ0n) is 12.6. The highest BCUT2D eigenvalue weighted by atomic mass is 19.2. The summed E-state index contributed by atoms with van der Waals surface area (Å²) in [5.41, 5.74) is 0.499. The number of rotatable bonds is 5. The third-order valence-corrected chi connectivity index (χ3v) is 3.22. The van der Waals surface area contributed by atoms with Crippen LogP contribution in [0.15, 0.2) is 42.6 Å². The summed E-state index contributed by atoms with van der Waals surface area (Å²) in [4.78, 5) is 4.04. The monoisotopic (exact) mass is 349 g/mol. The highest BCUT2D eigenvalue weighted by Crippen LogP contribution is 2.22. The SMILES string of the molecule is Fc1ccc(CNc2nncc(Nc3ccc(F)c(F)c3F)n2)cc1. The molecule has 5 nitrogen and oxygen atoms in total. The van der Waals surface area contributed by atoms with Crippen molar-refractivity contribution >= 4 is 17.5 Å². The maximum absolute atomic E-state index is 13.7. The Balaban J connectivity index is 1.71. The van der Waals surface area contributed by atoms with Crippen LogP contribution in [0.5, 0.6) is 0 Å². The van der Waals surface area contributed by atoms with E-state index in [4.69, 9.17) is 0 Å². The van der Waals surface area contributed by atoms with Gasteiger partial charge in [0.1, 0.15) is 5.82 Å². The lowest BCUT2D eigenvalue weighted by molar-refractivity contribution is 0.449. The molecular formula is C16H11F4N5. The Morgan fingerprint density at radius 3 is 2.40 bits per heavy atom. The van der Waals surface area contributed by atoms with Crippen LogP contribution < -0.4 is 10.6 Å². The van der Waals surface area contributed by atoms with Gasteiger partial charge in [-0.3, -0.25) is 0 Å². The van der Waals surface area contributed by atoms with E-state index in [9.17, 15) is 17.6 Å². The lowest BCUT2D eigenvalue weighted by Gasteiger charge is -2.09. The summed E-state index contributed by atoms with van der Waals surface area (Å²) in [6.45, 7) is 0.310. The highest BCUT2D eigenvalue weighted by molar-refractivity contribution is 5.57. The van der Waals surface area contributed by atoms with Gasteiger partial charge in [-0.25, -0.2) is 17.6 Å². The Bertz CT molecular complexity index is 886. The van der Waals surface area contributed by atoms with Crippen molar-refractivity contribution in [1.29, 1.82) is 0 Å². The predicted octanol–water partition coefficient (Wildman–Crippen LogP) is 3.78. The van der Waals surface area contributed by atoms with Gasteiger partial charge in [-0.2, -0.15) is 10.1 Å². The summed E-state index contributed by atoms with van der Waals surface area (Å²) >= 11 is 0. The van der Waals surface area contributed by atoms with Gasteiger partial charge in [0.2, 0.25) is 5.95 Å². The van der Waals surface area contributed by atoms with E-state index < -0.39 is 17.5 Å². The van der Waals surface area contributed by atoms with Crippen LogP contribution in [0.2, 0.25) is 0 Å². The fourth-order valence-electron chi connectivity index (χ4n) is 1.98. The molecule has 0 spiro atoms. The zero-order chi connectivity index (χ0) is 17.8. The average molecular weight is 349 g/mol. The van der Waals surface area contributed by atoms with Gasteiger partial charge in [-0.05, 0) is 29.8 Å².